The first-order valence-corrected chi connectivity index (χ1v) is 12.4. The molecular formula is C26H24FNO6S. The van der Waals surface area contributed by atoms with Gasteiger partial charge < -0.3 is 9.47 Å². The molecule has 0 radical (unpaired) electrons. The number of ketones is 1. The number of sulfonamides is 1. The van der Waals surface area contributed by atoms with Gasteiger partial charge in [0.15, 0.2) is 12.4 Å². The van der Waals surface area contributed by atoms with E-state index in [0.29, 0.717) is 23.3 Å². The molecule has 0 saturated heterocycles. The lowest BCUT2D eigenvalue weighted by Crippen LogP contribution is -2.41. The van der Waals surface area contributed by atoms with Crippen molar-refractivity contribution in [1.82, 2.24) is 4.31 Å². The summed E-state index contributed by atoms with van der Waals surface area (Å²) in [5.41, 5.74) is 2.00. The number of nitrogens with zero attached hydrogens (tertiary/aromatic N) is 1. The molecule has 0 N–H and O–H groups in total. The zero-order chi connectivity index (χ0) is 25.0. The van der Waals surface area contributed by atoms with Crippen molar-refractivity contribution in [2.75, 3.05) is 20.3 Å². The molecule has 9 heteroatoms. The summed E-state index contributed by atoms with van der Waals surface area (Å²) < 4.78 is 51.7. The van der Waals surface area contributed by atoms with Crippen molar-refractivity contribution in [2.24, 2.45) is 0 Å². The number of esters is 1. The fraction of sp³-hybridized carbons (Fsp3) is 0.231. The summed E-state index contributed by atoms with van der Waals surface area (Å²) in [4.78, 5) is 25.1. The molecule has 3 aromatic rings. The van der Waals surface area contributed by atoms with Gasteiger partial charge in [0.25, 0.3) is 0 Å². The lowest BCUT2D eigenvalue weighted by atomic mass is 9.92. The minimum absolute atomic E-state index is 0.0636. The average Bonchev–Trinajstić information content (AvgIpc) is 2.87. The molecule has 0 bridgehead atoms. The molecule has 3 aromatic carbocycles. The van der Waals surface area contributed by atoms with Gasteiger partial charge in [0, 0.05) is 12.1 Å². The third-order valence-electron chi connectivity index (χ3n) is 5.92. The van der Waals surface area contributed by atoms with Gasteiger partial charge in [-0.15, -0.1) is 0 Å². The highest BCUT2D eigenvalue weighted by molar-refractivity contribution is 7.89. The first-order chi connectivity index (χ1) is 16.8. The minimum Gasteiger partial charge on any atom is -0.497 e. The van der Waals surface area contributed by atoms with Gasteiger partial charge >= 0.3 is 5.97 Å². The summed E-state index contributed by atoms with van der Waals surface area (Å²) in [5, 5.41) is 0. The Bertz CT molecular complexity index is 1320. The third-order valence-corrected chi connectivity index (χ3v) is 7.84. The van der Waals surface area contributed by atoms with Crippen LogP contribution in [0.1, 0.15) is 33.9 Å². The molecule has 0 spiro atoms. The summed E-state index contributed by atoms with van der Waals surface area (Å²) in [5.74, 6) is -1.04. The molecule has 0 aliphatic carbocycles. The average molecular weight is 498 g/mol. The van der Waals surface area contributed by atoms with Crippen LogP contribution in [0.3, 0.4) is 0 Å². The van der Waals surface area contributed by atoms with E-state index in [1.54, 1.807) is 36.4 Å². The number of methoxy groups -OCH3 is 1. The van der Waals surface area contributed by atoms with Gasteiger partial charge in [0.2, 0.25) is 10.0 Å². The lowest BCUT2D eigenvalue weighted by molar-refractivity contribution is -0.143. The standard InChI is InChI=1S/C26H24FNO6S/c1-33-21-10-6-19(7-11-21)25(29)17-34-26(30)16-24-23-5-3-2-4-18(23)14-15-28(24)35(31,32)22-12-8-20(27)9-13-22/h2-13,24H,14-17H2,1H3. The molecule has 0 amide bonds. The fourth-order valence-corrected chi connectivity index (χ4v) is 5.70. The molecule has 1 heterocycles. The Kier molecular flexibility index (Phi) is 7.28. The molecule has 0 aromatic heterocycles. The second-order valence-electron chi connectivity index (χ2n) is 8.05. The van der Waals surface area contributed by atoms with Gasteiger partial charge in [0.1, 0.15) is 11.6 Å². The van der Waals surface area contributed by atoms with E-state index in [2.05, 4.69) is 0 Å². The number of fused-ring (bicyclic) bond motifs is 1. The number of hydrogen-bond donors (Lipinski definition) is 0. The molecule has 4 rings (SSSR count). The van der Waals surface area contributed by atoms with Gasteiger partial charge in [0.05, 0.1) is 24.5 Å². The summed E-state index contributed by atoms with van der Waals surface area (Å²) in [6.45, 7) is -0.316. The van der Waals surface area contributed by atoms with Crippen LogP contribution in [-0.4, -0.2) is 44.7 Å². The van der Waals surface area contributed by atoms with Crippen LogP contribution in [-0.2, 0) is 26.0 Å². The second kappa shape index (κ2) is 10.4. The van der Waals surface area contributed by atoms with Crippen LogP contribution in [0.15, 0.2) is 77.7 Å². The van der Waals surface area contributed by atoms with Crippen molar-refractivity contribution in [2.45, 2.75) is 23.8 Å². The predicted molar refractivity (Wildman–Crippen MR) is 126 cm³/mol. The van der Waals surface area contributed by atoms with Crippen molar-refractivity contribution in [1.29, 1.82) is 0 Å². The van der Waals surface area contributed by atoms with E-state index < -0.39 is 34.5 Å². The maximum absolute atomic E-state index is 13.4. The largest absolute Gasteiger partial charge is 0.497 e. The third kappa shape index (κ3) is 5.41. The highest BCUT2D eigenvalue weighted by Crippen LogP contribution is 2.36. The Morgan fingerprint density at radius 3 is 2.37 bits per heavy atom. The molecule has 0 saturated carbocycles. The molecule has 0 fully saturated rings. The monoisotopic (exact) mass is 497 g/mol. The number of halogens is 1. The normalized spacial score (nSPS) is 15.8. The van der Waals surface area contributed by atoms with Crippen molar-refractivity contribution in [3.05, 3.63) is 95.3 Å². The SMILES string of the molecule is COc1ccc(C(=O)COC(=O)CC2c3ccccc3CCN2S(=O)(=O)c2ccc(F)cc2)cc1. The summed E-state index contributed by atoms with van der Waals surface area (Å²) in [6, 6.07) is 17.5. The Hall–Kier alpha value is -3.56. The van der Waals surface area contributed by atoms with Crippen LogP contribution in [0.25, 0.3) is 0 Å². The van der Waals surface area contributed by atoms with Crippen LogP contribution < -0.4 is 4.74 Å². The van der Waals surface area contributed by atoms with Crippen molar-refractivity contribution < 1.29 is 31.9 Å². The highest BCUT2D eigenvalue weighted by Gasteiger charge is 2.38. The number of hydrogen-bond acceptors (Lipinski definition) is 6. The first kappa shape index (κ1) is 24.6. The summed E-state index contributed by atoms with van der Waals surface area (Å²) in [6.07, 6.45) is 0.200. The van der Waals surface area contributed by atoms with Crippen molar-refractivity contribution >= 4 is 21.8 Å². The van der Waals surface area contributed by atoms with Crippen LogP contribution in [0.5, 0.6) is 5.75 Å². The van der Waals surface area contributed by atoms with E-state index >= 15 is 0 Å². The number of carbonyl (C=O) groups is 2. The smallest absolute Gasteiger partial charge is 0.308 e. The summed E-state index contributed by atoms with van der Waals surface area (Å²) >= 11 is 0. The van der Waals surface area contributed by atoms with Crippen LogP contribution in [0.2, 0.25) is 0 Å². The molecular weight excluding hydrogens is 473 g/mol. The van der Waals surface area contributed by atoms with Gasteiger partial charge in [-0.3, -0.25) is 9.59 Å². The zero-order valence-corrected chi connectivity index (χ0v) is 19.8. The van der Waals surface area contributed by atoms with Gasteiger partial charge in [-0.1, -0.05) is 24.3 Å². The molecule has 1 atom stereocenters. The van der Waals surface area contributed by atoms with Crippen LogP contribution >= 0.6 is 0 Å². The number of benzene rings is 3. The predicted octanol–water partition coefficient (Wildman–Crippen LogP) is 3.94. The molecule has 1 aliphatic heterocycles. The fourth-order valence-electron chi connectivity index (χ4n) is 4.09. The van der Waals surface area contributed by atoms with Crippen molar-refractivity contribution in [3.8, 4) is 5.75 Å². The Morgan fingerprint density at radius 1 is 1.00 bits per heavy atom. The summed E-state index contributed by atoms with van der Waals surface area (Å²) in [7, 11) is -2.50. The zero-order valence-electron chi connectivity index (χ0n) is 19.0. The van der Waals surface area contributed by atoms with E-state index in [4.69, 9.17) is 9.47 Å². The van der Waals surface area contributed by atoms with Crippen LogP contribution in [0, 0.1) is 5.82 Å². The van der Waals surface area contributed by atoms with E-state index in [1.807, 2.05) is 12.1 Å². The number of carbonyl (C=O) groups excluding carboxylic acids is 2. The van der Waals surface area contributed by atoms with Gasteiger partial charge in [-0.05, 0) is 66.1 Å². The topological polar surface area (TPSA) is 90.0 Å². The second-order valence-corrected chi connectivity index (χ2v) is 9.94. The maximum Gasteiger partial charge on any atom is 0.308 e. The molecule has 182 valence electrons. The van der Waals surface area contributed by atoms with E-state index in [-0.39, 0.29) is 23.6 Å². The van der Waals surface area contributed by atoms with Crippen LogP contribution in [0.4, 0.5) is 4.39 Å². The lowest BCUT2D eigenvalue weighted by Gasteiger charge is -2.36. The number of rotatable bonds is 8. The molecule has 1 unspecified atom stereocenters. The molecule has 35 heavy (non-hydrogen) atoms. The Balaban J connectivity index is 1.52. The highest BCUT2D eigenvalue weighted by atomic mass is 32.2. The van der Waals surface area contributed by atoms with Gasteiger partial charge in [-0.2, -0.15) is 4.31 Å². The number of ether oxygens (including phenoxy) is 2. The number of Topliss-reactive ketones (excluding diaryl/α,β-unsaturated/α-hetero) is 1. The quantitative estimate of drug-likeness (QED) is 0.346. The Labute approximate surface area is 203 Å². The minimum atomic E-state index is -4.02. The van der Waals surface area contributed by atoms with Gasteiger partial charge in [-0.25, -0.2) is 12.8 Å². The van der Waals surface area contributed by atoms with E-state index in [0.717, 1.165) is 17.7 Å². The van der Waals surface area contributed by atoms with E-state index in [9.17, 15) is 22.4 Å². The van der Waals surface area contributed by atoms with E-state index in [1.165, 1.54) is 23.5 Å². The maximum atomic E-state index is 13.4. The molecule has 7 nitrogen and oxygen atoms in total. The first-order valence-electron chi connectivity index (χ1n) is 11.0. The Morgan fingerprint density at radius 2 is 1.69 bits per heavy atom. The van der Waals surface area contributed by atoms with Crippen molar-refractivity contribution in [3.63, 3.8) is 0 Å². The molecule has 1 aliphatic rings.